The van der Waals surface area contributed by atoms with Gasteiger partial charge >= 0.3 is 0 Å². The number of anilines is 1. The second-order valence-corrected chi connectivity index (χ2v) is 8.72. The van der Waals surface area contributed by atoms with E-state index in [-0.39, 0.29) is 23.8 Å². The van der Waals surface area contributed by atoms with E-state index in [1.165, 1.54) is 18.4 Å². The zero-order valence-corrected chi connectivity index (χ0v) is 18.3. The molecule has 1 saturated heterocycles. The highest BCUT2D eigenvalue weighted by atomic mass is 16.2. The van der Waals surface area contributed by atoms with Crippen LogP contribution in [0.1, 0.15) is 57.9 Å². The molecule has 5 nitrogen and oxygen atoms in total. The first kappa shape index (κ1) is 21.8. The maximum Gasteiger partial charge on any atom is 0.242 e. The van der Waals surface area contributed by atoms with Gasteiger partial charge in [0.05, 0.1) is 6.04 Å². The van der Waals surface area contributed by atoms with Gasteiger partial charge in [-0.3, -0.25) is 14.5 Å². The Morgan fingerprint density at radius 3 is 2.14 bits per heavy atom. The first-order valence-electron chi connectivity index (χ1n) is 11.4. The topological polar surface area (TPSA) is 52.7 Å². The van der Waals surface area contributed by atoms with Crippen LogP contribution in [0.2, 0.25) is 0 Å². The van der Waals surface area contributed by atoms with Crippen LogP contribution in [0, 0.1) is 18.8 Å². The summed E-state index contributed by atoms with van der Waals surface area (Å²) in [6.07, 6.45) is 6.48. The van der Waals surface area contributed by atoms with E-state index in [1.54, 1.807) is 0 Å². The molecule has 1 N–H and O–H groups in total. The van der Waals surface area contributed by atoms with Crippen molar-refractivity contribution in [1.29, 1.82) is 0 Å². The molecule has 1 aromatic rings. The molecular weight excluding hydrogens is 362 g/mol. The number of piperazine rings is 1. The highest BCUT2D eigenvalue weighted by Crippen LogP contribution is 2.32. The first-order valence-corrected chi connectivity index (χ1v) is 11.4. The summed E-state index contributed by atoms with van der Waals surface area (Å²) in [5.41, 5.74) is 2.06. The molecule has 3 rings (SSSR count). The van der Waals surface area contributed by atoms with Gasteiger partial charge in [-0.25, -0.2) is 0 Å². The van der Waals surface area contributed by atoms with Crippen molar-refractivity contribution in [3.63, 3.8) is 0 Å². The summed E-state index contributed by atoms with van der Waals surface area (Å²) >= 11 is 0. The molecule has 2 amide bonds. The normalized spacial score (nSPS) is 19.5. The third kappa shape index (κ3) is 5.39. The second kappa shape index (κ2) is 10.2. The zero-order valence-electron chi connectivity index (χ0n) is 18.3. The molecule has 1 saturated carbocycles. The Kier molecular flexibility index (Phi) is 7.70. The molecule has 1 aliphatic heterocycles. The summed E-state index contributed by atoms with van der Waals surface area (Å²) in [6, 6.07) is 7.92. The molecule has 1 aliphatic carbocycles. The largest absolute Gasteiger partial charge is 0.340 e. The van der Waals surface area contributed by atoms with Crippen LogP contribution >= 0.6 is 0 Å². The molecule has 1 aromatic carbocycles. The number of hydrogen-bond donors (Lipinski definition) is 1. The lowest BCUT2D eigenvalue weighted by molar-refractivity contribution is -0.138. The van der Waals surface area contributed by atoms with E-state index in [0.29, 0.717) is 5.92 Å². The van der Waals surface area contributed by atoms with Crippen LogP contribution in [-0.2, 0) is 9.59 Å². The third-order valence-electron chi connectivity index (χ3n) is 6.79. The Labute approximate surface area is 175 Å². The Morgan fingerprint density at radius 1 is 1.00 bits per heavy atom. The zero-order chi connectivity index (χ0) is 20.8. The summed E-state index contributed by atoms with van der Waals surface area (Å²) in [7, 11) is 0. The summed E-state index contributed by atoms with van der Waals surface area (Å²) < 4.78 is 0. The SMILES string of the molecule is CCC(CC)C(=O)N1CCN(C(C(=O)Nc2ccc(C)cc2)C2CCCC2)CC1. The number of hydrogen-bond acceptors (Lipinski definition) is 3. The highest BCUT2D eigenvalue weighted by Gasteiger charge is 2.37. The van der Waals surface area contributed by atoms with Gasteiger partial charge in [-0.15, -0.1) is 0 Å². The van der Waals surface area contributed by atoms with Gasteiger partial charge in [-0.2, -0.15) is 0 Å². The number of carbonyl (C=O) groups excluding carboxylic acids is 2. The Bertz CT molecular complexity index is 670. The molecule has 29 heavy (non-hydrogen) atoms. The molecule has 1 heterocycles. The van der Waals surface area contributed by atoms with Crippen molar-refractivity contribution < 1.29 is 9.59 Å². The van der Waals surface area contributed by atoms with Crippen LogP contribution in [0.15, 0.2) is 24.3 Å². The fourth-order valence-electron chi connectivity index (χ4n) is 4.92. The van der Waals surface area contributed by atoms with E-state index in [9.17, 15) is 9.59 Å². The van der Waals surface area contributed by atoms with Crippen molar-refractivity contribution in [2.24, 2.45) is 11.8 Å². The lowest BCUT2D eigenvalue weighted by Crippen LogP contribution is -2.57. The number of aryl methyl sites for hydroxylation is 1. The summed E-state index contributed by atoms with van der Waals surface area (Å²) in [6.45, 7) is 9.27. The molecule has 2 fully saturated rings. The van der Waals surface area contributed by atoms with E-state index >= 15 is 0 Å². The minimum absolute atomic E-state index is 0.0933. The number of rotatable bonds is 7. The standard InChI is InChI=1S/C24H37N3O2/c1-4-19(5-2)24(29)27-16-14-26(15-17-27)22(20-8-6-7-9-20)23(28)25-21-12-10-18(3)11-13-21/h10-13,19-20,22H,4-9,14-17H2,1-3H3,(H,25,28). The van der Waals surface area contributed by atoms with E-state index in [1.807, 2.05) is 29.2 Å². The first-order chi connectivity index (χ1) is 14.0. The minimum atomic E-state index is -0.0933. The van der Waals surface area contributed by atoms with Gasteiger partial charge in [0.1, 0.15) is 0 Å². The minimum Gasteiger partial charge on any atom is -0.340 e. The van der Waals surface area contributed by atoms with E-state index in [2.05, 4.69) is 31.0 Å². The fraction of sp³-hybridized carbons (Fsp3) is 0.667. The van der Waals surface area contributed by atoms with Crippen LogP contribution in [-0.4, -0.2) is 53.8 Å². The van der Waals surface area contributed by atoms with Gasteiger partial charge in [0, 0.05) is 37.8 Å². The summed E-state index contributed by atoms with van der Waals surface area (Å²) in [4.78, 5) is 30.3. The molecule has 2 aliphatic rings. The highest BCUT2D eigenvalue weighted by molar-refractivity contribution is 5.95. The lowest BCUT2D eigenvalue weighted by atomic mass is 9.94. The Morgan fingerprint density at radius 2 is 1.59 bits per heavy atom. The molecule has 160 valence electrons. The van der Waals surface area contributed by atoms with Crippen molar-refractivity contribution >= 4 is 17.5 Å². The predicted octanol–water partition coefficient (Wildman–Crippen LogP) is 4.07. The smallest absolute Gasteiger partial charge is 0.242 e. The van der Waals surface area contributed by atoms with Crippen molar-refractivity contribution in [3.8, 4) is 0 Å². The van der Waals surface area contributed by atoms with Gasteiger partial charge in [-0.1, -0.05) is 44.4 Å². The Hall–Kier alpha value is -1.88. The molecule has 0 aromatic heterocycles. The number of carbonyl (C=O) groups is 2. The predicted molar refractivity (Wildman–Crippen MR) is 118 cm³/mol. The lowest BCUT2D eigenvalue weighted by Gasteiger charge is -2.41. The van der Waals surface area contributed by atoms with Crippen molar-refractivity contribution in [2.45, 2.75) is 65.3 Å². The number of amides is 2. The molecule has 1 unspecified atom stereocenters. The van der Waals surface area contributed by atoms with Gasteiger partial charge in [0.25, 0.3) is 0 Å². The van der Waals surface area contributed by atoms with Crippen LogP contribution in [0.4, 0.5) is 5.69 Å². The molecule has 5 heteroatoms. The van der Waals surface area contributed by atoms with Gasteiger partial charge in [0.2, 0.25) is 11.8 Å². The number of nitrogens with zero attached hydrogens (tertiary/aromatic N) is 2. The van der Waals surface area contributed by atoms with E-state index in [4.69, 9.17) is 0 Å². The van der Waals surface area contributed by atoms with Crippen molar-refractivity contribution in [1.82, 2.24) is 9.80 Å². The quantitative estimate of drug-likeness (QED) is 0.752. The second-order valence-electron chi connectivity index (χ2n) is 8.72. The molecular formula is C24H37N3O2. The average molecular weight is 400 g/mol. The van der Waals surface area contributed by atoms with Crippen molar-refractivity contribution in [3.05, 3.63) is 29.8 Å². The Balaban J connectivity index is 1.65. The molecule has 1 atom stereocenters. The molecule has 0 radical (unpaired) electrons. The van der Waals surface area contributed by atoms with Gasteiger partial charge in [0.15, 0.2) is 0 Å². The van der Waals surface area contributed by atoms with Crippen LogP contribution in [0.3, 0.4) is 0 Å². The third-order valence-corrected chi connectivity index (χ3v) is 6.79. The average Bonchev–Trinajstić information content (AvgIpc) is 3.25. The monoisotopic (exact) mass is 399 g/mol. The molecule has 0 bridgehead atoms. The van der Waals surface area contributed by atoms with Gasteiger partial charge < -0.3 is 10.2 Å². The summed E-state index contributed by atoms with van der Waals surface area (Å²) in [5, 5.41) is 3.15. The van der Waals surface area contributed by atoms with Crippen LogP contribution in [0.25, 0.3) is 0 Å². The van der Waals surface area contributed by atoms with E-state index in [0.717, 1.165) is 57.5 Å². The number of benzene rings is 1. The maximum absolute atomic E-state index is 13.3. The van der Waals surface area contributed by atoms with Crippen LogP contribution < -0.4 is 5.32 Å². The maximum atomic E-state index is 13.3. The fourth-order valence-corrected chi connectivity index (χ4v) is 4.92. The van der Waals surface area contributed by atoms with Crippen LogP contribution in [0.5, 0.6) is 0 Å². The van der Waals surface area contributed by atoms with Gasteiger partial charge in [-0.05, 0) is 50.7 Å². The summed E-state index contributed by atoms with van der Waals surface area (Å²) in [5.74, 6) is 0.954. The van der Waals surface area contributed by atoms with Crippen molar-refractivity contribution in [2.75, 3.05) is 31.5 Å². The number of nitrogens with one attached hydrogen (secondary N) is 1. The van der Waals surface area contributed by atoms with E-state index < -0.39 is 0 Å². The molecule has 0 spiro atoms.